The highest BCUT2D eigenvalue weighted by Gasteiger charge is 2.11. The van der Waals surface area contributed by atoms with Crippen molar-refractivity contribution in [2.75, 3.05) is 5.88 Å². The SMILES string of the molecule is CC(=O)/C=C/c1nnn(-c2ccccc2)c1CCCCl. The molecule has 20 heavy (non-hydrogen) atoms. The molecule has 0 atom stereocenters. The van der Waals surface area contributed by atoms with E-state index in [2.05, 4.69) is 10.3 Å². The number of carbonyl (C=O) groups is 1. The highest BCUT2D eigenvalue weighted by molar-refractivity contribution is 6.17. The van der Waals surface area contributed by atoms with Gasteiger partial charge in [-0.2, -0.15) is 0 Å². The Kier molecular flexibility index (Phi) is 5.07. The van der Waals surface area contributed by atoms with Gasteiger partial charge >= 0.3 is 0 Å². The normalized spacial score (nSPS) is 11.1. The fraction of sp³-hybridized carbons (Fsp3) is 0.267. The molecule has 0 unspecified atom stereocenters. The van der Waals surface area contributed by atoms with Crippen molar-refractivity contribution in [2.24, 2.45) is 0 Å². The van der Waals surface area contributed by atoms with Gasteiger partial charge in [-0.25, -0.2) is 4.68 Å². The highest BCUT2D eigenvalue weighted by Crippen LogP contribution is 2.16. The average molecular weight is 290 g/mol. The van der Waals surface area contributed by atoms with E-state index in [1.54, 1.807) is 10.8 Å². The summed E-state index contributed by atoms with van der Waals surface area (Å²) in [7, 11) is 0. The molecule has 1 heterocycles. The van der Waals surface area contributed by atoms with E-state index in [4.69, 9.17) is 11.6 Å². The smallest absolute Gasteiger partial charge is 0.152 e. The fourth-order valence-corrected chi connectivity index (χ4v) is 2.02. The predicted molar refractivity (Wildman–Crippen MR) is 80.1 cm³/mol. The van der Waals surface area contributed by atoms with Crippen LogP contribution in [0.1, 0.15) is 24.7 Å². The van der Waals surface area contributed by atoms with E-state index >= 15 is 0 Å². The Bertz CT molecular complexity index is 605. The fourth-order valence-electron chi connectivity index (χ4n) is 1.88. The first-order valence-corrected chi connectivity index (χ1v) is 7.00. The molecule has 0 saturated heterocycles. The van der Waals surface area contributed by atoms with Crippen LogP contribution >= 0.6 is 11.6 Å². The summed E-state index contributed by atoms with van der Waals surface area (Å²) in [6.45, 7) is 1.51. The minimum atomic E-state index is -0.0115. The summed E-state index contributed by atoms with van der Waals surface area (Å²) in [5.74, 6) is 0.568. The highest BCUT2D eigenvalue weighted by atomic mass is 35.5. The van der Waals surface area contributed by atoms with Crippen LogP contribution in [0.5, 0.6) is 0 Å². The van der Waals surface area contributed by atoms with Crippen molar-refractivity contribution < 1.29 is 4.79 Å². The van der Waals surface area contributed by atoms with Crippen LogP contribution in [0, 0.1) is 0 Å². The zero-order valence-electron chi connectivity index (χ0n) is 11.3. The van der Waals surface area contributed by atoms with E-state index < -0.39 is 0 Å². The molecular weight excluding hydrogens is 274 g/mol. The van der Waals surface area contributed by atoms with E-state index in [9.17, 15) is 4.79 Å². The lowest BCUT2D eigenvalue weighted by Crippen LogP contribution is -2.03. The topological polar surface area (TPSA) is 47.8 Å². The van der Waals surface area contributed by atoms with Crippen molar-refractivity contribution in [3.8, 4) is 5.69 Å². The Labute approximate surface area is 123 Å². The quantitative estimate of drug-likeness (QED) is 0.606. The van der Waals surface area contributed by atoms with Crippen molar-refractivity contribution in [3.63, 3.8) is 0 Å². The van der Waals surface area contributed by atoms with Gasteiger partial charge in [-0.1, -0.05) is 23.4 Å². The number of nitrogens with zero attached hydrogens (tertiary/aromatic N) is 3. The van der Waals surface area contributed by atoms with E-state index in [0.29, 0.717) is 11.6 Å². The van der Waals surface area contributed by atoms with Gasteiger partial charge in [0.15, 0.2) is 5.78 Å². The molecule has 0 amide bonds. The zero-order chi connectivity index (χ0) is 14.4. The molecular formula is C15H16ClN3O. The zero-order valence-corrected chi connectivity index (χ0v) is 12.0. The Morgan fingerprint density at radius 1 is 1.35 bits per heavy atom. The number of carbonyl (C=O) groups excluding carboxylic acids is 1. The molecule has 5 heteroatoms. The number of hydrogen-bond acceptors (Lipinski definition) is 3. The summed E-state index contributed by atoms with van der Waals surface area (Å²) >= 11 is 5.77. The van der Waals surface area contributed by atoms with Crippen molar-refractivity contribution in [1.82, 2.24) is 15.0 Å². The van der Waals surface area contributed by atoms with Gasteiger partial charge in [-0.15, -0.1) is 16.7 Å². The first-order chi connectivity index (χ1) is 9.72. The molecule has 0 aliphatic rings. The monoisotopic (exact) mass is 289 g/mol. The molecule has 0 fully saturated rings. The van der Waals surface area contributed by atoms with Crippen molar-refractivity contribution in [1.29, 1.82) is 0 Å². The summed E-state index contributed by atoms with van der Waals surface area (Å²) in [6, 6.07) is 9.80. The minimum Gasteiger partial charge on any atom is -0.295 e. The number of alkyl halides is 1. The lowest BCUT2D eigenvalue weighted by molar-refractivity contribution is -0.112. The summed E-state index contributed by atoms with van der Waals surface area (Å²) in [4.78, 5) is 11.1. The number of hydrogen-bond donors (Lipinski definition) is 0. The molecule has 0 bridgehead atoms. The van der Waals surface area contributed by atoms with Crippen LogP contribution in [-0.2, 0) is 11.2 Å². The molecule has 0 spiro atoms. The second-order valence-electron chi connectivity index (χ2n) is 4.41. The summed E-state index contributed by atoms with van der Waals surface area (Å²) in [6.07, 6.45) is 4.81. The van der Waals surface area contributed by atoms with Gasteiger partial charge in [0.25, 0.3) is 0 Å². The first kappa shape index (κ1) is 14.5. The first-order valence-electron chi connectivity index (χ1n) is 6.47. The van der Waals surface area contributed by atoms with Gasteiger partial charge in [-0.3, -0.25) is 4.79 Å². The number of rotatable bonds is 6. The molecule has 1 aromatic carbocycles. The average Bonchev–Trinajstić information content (AvgIpc) is 2.86. The maximum atomic E-state index is 11.1. The Balaban J connectivity index is 2.39. The molecule has 2 aromatic rings. The third kappa shape index (κ3) is 3.54. The van der Waals surface area contributed by atoms with Crippen LogP contribution in [0.2, 0.25) is 0 Å². The number of benzene rings is 1. The van der Waals surface area contributed by atoms with E-state index in [1.165, 1.54) is 13.0 Å². The standard InChI is InChI=1S/C15H16ClN3O/c1-12(20)9-10-14-15(8-5-11-16)19(18-17-14)13-6-3-2-4-7-13/h2-4,6-7,9-10H,5,8,11H2,1H3/b10-9+. The van der Waals surface area contributed by atoms with Crippen LogP contribution in [0.15, 0.2) is 36.4 Å². The lowest BCUT2D eigenvalue weighted by Gasteiger charge is -2.06. The molecule has 0 aliphatic carbocycles. The van der Waals surface area contributed by atoms with Crippen LogP contribution in [-0.4, -0.2) is 26.7 Å². The number of halogens is 1. The molecule has 104 valence electrons. The third-order valence-electron chi connectivity index (χ3n) is 2.82. The van der Waals surface area contributed by atoms with Gasteiger partial charge in [-0.05, 0) is 44.1 Å². The maximum Gasteiger partial charge on any atom is 0.152 e. The summed E-state index contributed by atoms with van der Waals surface area (Å²) in [5.41, 5.74) is 2.63. The van der Waals surface area contributed by atoms with Crippen molar-refractivity contribution in [3.05, 3.63) is 47.8 Å². The second-order valence-corrected chi connectivity index (χ2v) is 4.78. The summed E-state index contributed by atoms with van der Waals surface area (Å²) < 4.78 is 1.80. The lowest BCUT2D eigenvalue weighted by atomic mass is 10.2. The van der Waals surface area contributed by atoms with Gasteiger partial charge in [0.2, 0.25) is 0 Å². The van der Waals surface area contributed by atoms with Gasteiger partial charge in [0.1, 0.15) is 5.69 Å². The molecule has 1 aromatic heterocycles. The Morgan fingerprint density at radius 2 is 2.10 bits per heavy atom. The van der Waals surface area contributed by atoms with Crippen LogP contribution in [0.4, 0.5) is 0 Å². The van der Waals surface area contributed by atoms with Crippen molar-refractivity contribution >= 4 is 23.5 Å². The number of ketones is 1. The maximum absolute atomic E-state index is 11.1. The Morgan fingerprint density at radius 3 is 2.75 bits per heavy atom. The van der Waals surface area contributed by atoms with Crippen molar-refractivity contribution in [2.45, 2.75) is 19.8 Å². The Hall–Kier alpha value is -1.94. The molecule has 0 saturated carbocycles. The van der Waals surface area contributed by atoms with Crippen LogP contribution < -0.4 is 0 Å². The van der Waals surface area contributed by atoms with Crippen LogP contribution in [0.25, 0.3) is 11.8 Å². The molecule has 2 rings (SSSR count). The second kappa shape index (κ2) is 7.01. The minimum absolute atomic E-state index is 0.0115. The molecule has 0 N–H and O–H groups in total. The number of aromatic nitrogens is 3. The van der Waals surface area contributed by atoms with E-state index in [1.807, 2.05) is 30.3 Å². The largest absolute Gasteiger partial charge is 0.295 e. The summed E-state index contributed by atoms with van der Waals surface area (Å²) in [5, 5.41) is 8.33. The van der Waals surface area contributed by atoms with E-state index in [-0.39, 0.29) is 5.78 Å². The molecule has 0 aliphatic heterocycles. The van der Waals surface area contributed by atoms with E-state index in [0.717, 1.165) is 24.2 Å². The third-order valence-corrected chi connectivity index (χ3v) is 3.08. The van der Waals surface area contributed by atoms with Gasteiger partial charge in [0.05, 0.1) is 11.4 Å². The molecule has 4 nitrogen and oxygen atoms in total. The van der Waals surface area contributed by atoms with Crippen LogP contribution in [0.3, 0.4) is 0 Å². The predicted octanol–water partition coefficient (Wildman–Crippen LogP) is 3.04. The van der Waals surface area contributed by atoms with Gasteiger partial charge < -0.3 is 0 Å². The number of allylic oxidation sites excluding steroid dienone is 1. The number of para-hydroxylation sites is 1. The molecule has 0 radical (unpaired) electrons. The van der Waals surface area contributed by atoms with Gasteiger partial charge in [0, 0.05) is 5.88 Å².